The van der Waals surface area contributed by atoms with Crippen molar-refractivity contribution in [2.45, 2.75) is 13.0 Å². The normalized spacial score (nSPS) is 13.6. The Labute approximate surface area is 142 Å². The summed E-state index contributed by atoms with van der Waals surface area (Å²) in [4.78, 5) is 14.3. The van der Waals surface area contributed by atoms with Crippen LogP contribution in [0.5, 0.6) is 5.75 Å². The zero-order chi connectivity index (χ0) is 16.5. The SMILES string of the molecule is COc1cccc(-c2n[nH]c3c2CN(C(=O)c2csnn2)CC3)c1. The molecule has 0 atom stereocenters. The average molecular weight is 341 g/mol. The number of fused-ring (bicyclic) bond motifs is 1. The largest absolute Gasteiger partial charge is 0.497 e. The van der Waals surface area contributed by atoms with Crippen molar-refractivity contribution in [3.8, 4) is 17.0 Å². The van der Waals surface area contributed by atoms with Crippen LogP contribution in [0.2, 0.25) is 0 Å². The number of aromatic nitrogens is 4. The van der Waals surface area contributed by atoms with Crippen LogP contribution in [0.25, 0.3) is 11.3 Å². The molecule has 8 heteroatoms. The summed E-state index contributed by atoms with van der Waals surface area (Å²) in [7, 11) is 1.64. The molecule has 1 amide bonds. The lowest BCUT2D eigenvalue weighted by molar-refractivity contribution is 0.0728. The number of aromatic amines is 1. The molecule has 0 fully saturated rings. The molecule has 0 aliphatic carbocycles. The van der Waals surface area contributed by atoms with Crippen molar-refractivity contribution in [3.05, 3.63) is 46.6 Å². The van der Waals surface area contributed by atoms with Gasteiger partial charge in [0.05, 0.1) is 19.3 Å². The number of methoxy groups -OCH3 is 1. The summed E-state index contributed by atoms with van der Waals surface area (Å²) >= 11 is 1.18. The van der Waals surface area contributed by atoms with Crippen molar-refractivity contribution in [1.82, 2.24) is 24.7 Å². The van der Waals surface area contributed by atoms with Gasteiger partial charge >= 0.3 is 0 Å². The lowest BCUT2D eigenvalue weighted by Gasteiger charge is -2.26. The van der Waals surface area contributed by atoms with E-state index in [0.717, 1.165) is 34.7 Å². The van der Waals surface area contributed by atoms with E-state index in [-0.39, 0.29) is 5.91 Å². The molecule has 0 saturated carbocycles. The molecule has 3 heterocycles. The fourth-order valence-corrected chi connectivity index (χ4v) is 3.33. The molecule has 0 spiro atoms. The molecular formula is C16H15N5O2S. The maximum Gasteiger partial charge on any atom is 0.275 e. The average Bonchev–Trinajstić information content (AvgIpc) is 3.30. The Hall–Kier alpha value is -2.74. The lowest BCUT2D eigenvalue weighted by Crippen LogP contribution is -2.36. The minimum atomic E-state index is -0.0906. The predicted octanol–water partition coefficient (Wildman–Crippen LogP) is 2.14. The van der Waals surface area contributed by atoms with Gasteiger partial charge in [0.15, 0.2) is 5.69 Å². The highest BCUT2D eigenvalue weighted by Gasteiger charge is 2.27. The number of carbonyl (C=O) groups is 1. The van der Waals surface area contributed by atoms with Crippen LogP contribution in [-0.4, -0.2) is 44.2 Å². The summed E-state index contributed by atoms with van der Waals surface area (Å²) < 4.78 is 9.06. The molecule has 7 nitrogen and oxygen atoms in total. The standard InChI is InChI=1S/C16H15N5O2S/c1-23-11-4-2-3-10(7-11)15-12-8-21(6-5-13(12)17-19-15)16(22)14-9-24-20-18-14/h2-4,7,9H,5-6,8H2,1H3,(H,17,19). The fourth-order valence-electron chi connectivity index (χ4n) is 2.90. The van der Waals surface area contributed by atoms with Crippen molar-refractivity contribution in [2.24, 2.45) is 0 Å². The summed E-state index contributed by atoms with van der Waals surface area (Å²) in [6, 6.07) is 7.77. The first-order valence-electron chi connectivity index (χ1n) is 7.53. The van der Waals surface area contributed by atoms with Crippen molar-refractivity contribution in [1.29, 1.82) is 0 Å². The second kappa shape index (κ2) is 6.04. The van der Waals surface area contributed by atoms with Crippen LogP contribution in [0.15, 0.2) is 29.6 Å². The van der Waals surface area contributed by atoms with E-state index >= 15 is 0 Å². The molecule has 0 bridgehead atoms. The topological polar surface area (TPSA) is 84.0 Å². The van der Waals surface area contributed by atoms with Crippen LogP contribution in [-0.2, 0) is 13.0 Å². The number of hydrogen-bond acceptors (Lipinski definition) is 6. The van der Waals surface area contributed by atoms with Gasteiger partial charge in [-0.25, -0.2) is 0 Å². The quantitative estimate of drug-likeness (QED) is 0.789. The molecule has 2 aromatic heterocycles. The highest BCUT2D eigenvalue weighted by Crippen LogP contribution is 2.30. The Balaban J connectivity index is 1.65. The smallest absolute Gasteiger partial charge is 0.275 e. The van der Waals surface area contributed by atoms with Crippen molar-refractivity contribution in [2.75, 3.05) is 13.7 Å². The molecule has 0 unspecified atom stereocenters. The molecule has 24 heavy (non-hydrogen) atoms. The van der Waals surface area contributed by atoms with Gasteiger partial charge in [-0.2, -0.15) is 5.10 Å². The van der Waals surface area contributed by atoms with Gasteiger partial charge in [0.1, 0.15) is 5.75 Å². The van der Waals surface area contributed by atoms with Gasteiger partial charge in [0.2, 0.25) is 0 Å². The van der Waals surface area contributed by atoms with Gasteiger partial charge in [-0.3, -0.25) is 9.89 Å². The number of amides is 1. The first-order valence-corrected chi connectivity index (χ1v) is 8.37. The number of nitrogens with one attached hydrogen (secondary N) is 1. The van der Waals surface area contributed by atoms with Crippen LogP contribution < -0.4 is 4.74 Å². The Morgan fingerprint density at radius 1 is 1.42 bits per heavy atom. The van der Waals surface area contributed by atoms with E-state index in [4.69, 9.17) is 4.74 Å². The molecule has 3 aromatic rings. The minimum absolute atomic E-state index is 0.0906. The van der Waals surface area contributed by atoms with Crippen molar-refractivity contribution in [3.63, 3.8) is 0 Å². The lowest BCUT2D eigenvalue weighted by atomic mass is 10.0. The summed E-state index contributed by atoms with van der Waals surface area (Å²) in [6.07, 6.45) is 0.746. The first-order chi connectivity index (χ1) is 11.8. The molecule has 0 saturated heterocycles. The van der Waals surface area contributed by atoms with Crippen LogP contribution in [0.1, 0.15) is 21.7 Å². The van der Waals surface area contributed by atoms with E-state index in [2.05, 4.69) is 19.8 Å². The van der Waals surface area contributed by atoms with Crippen LogP contribution in [0, 0.1) is 0 Å². The monoisotopic (exact) mass is 341 g/mol. The number of nitrogens with zero attached hydrogens (tertiary/aromatic N) is 4. The fraction of sp³-hybridized carbons (Fsp3) is 0.250. The number of rotatable bonds is 3. The number of hydrogen-bond donors (Lipinski definition) is 1. The molecule has 1 aliphatic rings. The maximum absolute atomic E-state index is 12.5. The summed E-state index contributed by atoms with van der Waals surface area (Å²) in [6.45, 7) is 1.15. The highest BCUT2D eigenvalue weighted by atomic mass is 32.1. The summed E-state index contributed by atoms with van der Waals surface area (Å²) in [5.74, 6) is 0.689. The molecular weight excluding hydrogens is 326 g/mol. The number of ether oxygens (including phenoxy) is 1. The van der Waals surface area contributed by atoms with Gasteiger partial charge in [0.25, 0.3) is 5.91 Å². The Bertz CT molecular complexity index is 874. The maximum atomic E-state index is 12.5. The van der Waals surface area contributed by atoms with Crippen molar-refractivity contribution < 1.29 is 9.53 Å². The van der Waals surface area contributed by atoms with E-state index in [1.54, 1.807) is 17.4 Å². The van der Waals surface area contributed by atoms with Gasteiger partial charge in [-0.15, -0.1) is 5.10 Å². The van der Waals surface area contributed by atoms with E-state index in [0.29, 0.717) is 18.8 Å². The zero-order valence-corrected chi connectivity index (χ0v) is 13.8. The number of benzene rings is 1. The predicted molar refractivity (Wildman–Crippen MR) is 88.9 cm³/mol. The summed E-state index contributed by atoms with van der Waals surface area (Å²) in [5.41, 5.74) is 4.35. The third kappa shape index (κ3) is 2.54. The molecule has 1 N–H and O–H groups in total. The van der Waals surface area contributed by atoms with Crippen LogP contribution in [0.4, 0.5) is 0 Å². The first kappa shape index (κ1) is 14.8. The van der Waals surface area contributed by atoms with Gasteiger partial charge < -0.3 is 9.64 Å². The Morgan fingerprint density at radius 2 is 2.33 bits per heavy atom. The van der Waals surface area contributed by atoms with Gasteiger partial charge in [-0.1, -0.05) is 16.6 Å². The molecule has 4 rings (SSSR count). The van der Waals surface area contributed by atoms with Gasteiger partial charge in [-0.05, 0) is 23.7 Å². The van der Waals surface area contributed by atoms with E-state index in [1.807, 2.05) is 24.3 Å². The molecule has 122 valence electrons. The highest BCUT2D eigenvalue weighted by molar-refractivity contribution is 7.03. The molecule has 0 radical (unpaired) electrons. The third-order valence-electron chi connectivity index (χ3n) is 4.14. The van der Waals surface area contributed by atoms with E-state index in [9.17, 15) is 4.79 Å². The van der Waals surface area contributed by atoms with Crippen LogP contribution >= 0.6 is 11.5 Å². The van der Waals surface area contributed by atoms with Crippen molar-refractivity contribution >= 4 is 17.4 Å². The number of carbonyl (C=O) groups excluding carboxylic acids is 1. The summed E-state index contributed by atoms with van der Waals surface area (Å²) in [5, 5.41) is 13.1. The van der Waals surface area contributed by atoms with Crippen LogP contribution in [0.3, 0.4) is 0 Å². The van der Waals surface area contributed by atoms with E-state index in [1.165, 1.54) is 11.5 Å². The van der Waals surface area contributed by atoms with Gasteiger partial charge in [0, 0.05) is 35.2 Å². The Morgan fingerprint density at radius 3 is 3.12 bits per heavy atom. The molecule has 1 aliphatic heterocycles. The van der Waals surface area contributed by atoms with E-state index < -0.39 is 0 Å². The second-order valence-corrected chi connectivity index (χ2v) is 6.14. The second-order valence-electron chi connectivity index (χ2n) is 5.53. The Kier molecular flexibility index (Phi) is 3.73. The zero-order valence-electron chi connectivity index (χ0n) is 13.0. The third-order valence-corrected chi connectivity index (χ3v) is 4.65. The minimum Gasteiger partial charge on any atom is -0.497 e. The molecule has 1 aromatic carbocycles. The number of H-pyrrole nitrogens is 1.